The molecule has 2 amide bonds. The number of rotatable bonds is 6. The Labute approximate surface area is 131 Å². The number of esters is 1. The molecule has 1 aromatic rings. The van der Waals surface area contributed by atoms with Crippen molar-refractivity contribution in [2.45, 2.75) is 19.9 Å². The Morgan fingerprint density at radius 2 is 1.76 bits per heavy atom. The van der Waals surface area contributed by atoms with E-state index in [0.29, 0.717) is 5.56 Å². The molecule has 0 unspecified atom stereocenters. The van der Waals surface area contributed by atoms with Gasteiger partial charge >= 0.3 is 5.97 Å². The van der Waals surface area contributed by atoms with E-state index >= 15 is 0 Å². The van der Waals surface area contributed by atoms with E-state index in [4.69, 9.17) is 4.74 Å². The SMILES string of the molecule is CC(C)NC(=O)CNC(=O)COC(=O)c1ccc(Br)cc1. The van der Waals surface area contributed by atoms with Crippen LogP contribution in [0.25, 0.3) is 0 Å². The van der Waals surface area contributed by atoms with E-state index in [2.05, 4.69) is 26.6 Å². The molecule has 2 N–H and O–H groups in total. The van der Waals surface area contributed by atoms with Gasteiger partial charge in [0.25, 0.3) is 5.91 Å². The Bertz CT molecular complexity index is 514. The molecule has 0 spiro atoms. The standard InChI is InChI=1S/C14H17BrN2O4/c1-9(2)17-12(18)7-16-13(19)8-21-14(20)10-3-5-11(15)6-4-10/h3-6,9H,7-8H2,1-2H3,(H,16,19)(H,17,18). The van der Waals surface area contributed by atoms with E-state index in [1.165, 1.54) is 0 Å². The summed E-state index contributed by atoms with van der Waals surface area (Å²) in [4.78, 5) is 34.4. The molecule has 0 aliphatic rings. The fourth-order valence-corrected chi connectivity index (χ4v) is 1.67. The summed E-state index contributed by atoms with van der Waals surface area (Å²) in [7, 11) is 0. The Balaban J connectivity index is 2.31. The molecule has 21 heavy (non-hydrogen) atoms. The lowest BCUT2D eigenvalue weighted by atomic mass is 10.2. The molecule has 114 valence electrons. The van der Waals surface area contributed by atoms with E-state index in [9.17, 15) is 14.4 Å². The van der Waals surface area contributed by atoms with Crippen molar-refractivity contribution in [1.29, 1.82) is 0 Å². The lowest BCUT2D eigenvalue weighted by molar-refractivity contribution is -0.128. The summed E-state index contributed by atoms with van der Waals surface area (Å²) in [5.41, 5.74) is 0.351. The second-order valence-electron chi connectivity index (χ2n) is 4.58. The van der Waals surface area contributed by atoms with Crippen molar-refractivity contribution in [1.82, 2.24) is 10.6 Å². The Kier molecular flexibility index (Phi) is 6.87. The number of nitrogens with one attached hydrogen (secondary N) is 2. The maximum absolute atomic E-state index is 11.6. The largest absolute Gasteiger partial charge is 0.452 e. The van der Waals surface area contributed by atoms with Gasteiger partial charge < -0.3 is 15.4 Å². The molecule has 0 fully saturated rings. The first-order valence-corrected chi connectivity index (χ1v) is 7.16. The summed E-state index contributed by atoms with van der Waals surface area (Å²) in [6, 6.07) is 6.57. The van der Waals surface area contributed by atoms with E-state index in [-0.39, 0.29) is 18.5 Å². The van der Waals surface area contributed by atoms with Crippen LogP contribution in [0.15, 0.2) is 28.7 Å². The Morgan fingerprint density at radius 1 is 1.14 bits per heavy atom. The van der Waals surface area contributed by atoms with Crippen LogP contribution in [0.4, 0.5) is 0 Å². The van der Waals surface area contributed by atoms with Crippen molar-refractivity contribution < 1.29 is 19.1 Å². The molecule has 0 heterocycles. The molecule has 0 bridgehead atoms. The van der Waals surface area contributed by atoms with E-state index in [0.717, 1.165) is 4.47 Å². The highest BCUT2D eigenvalue weighted by Gasteiger charge is 2.11. The number of carbonyl (C=O) groups excluding carboxylic acids is 3. The van der Waals surface area contributed by atoms with Gasteiger partial charge in [-0.2, -0.15) is 0 Å². The van der Waals surface area contributed by atoms with Crippen molar-refractivity contribution in [3.8, 4) is 0 Å². The van der Waals surface area contributed by atoms with Crippen molar-refractivity contribution in [3.05, 3.63) is 34.3 Å². The predicted octanol–water partition coefficient (Wildman–Crippen LogP) is 1.25. The fourth-order valence-electron chi connectivity index (χ4n) is 1.40. The molecule has 0 atom stereocenters. The molecule has 0 aromatic heterocycles. The number of ether oxygens (including phenoxy) is 1. The minimum Gasteiger partial charge on any atom is -0.452 e. The van der Waals surface area contributed by atoms with E-state index in [1.54, 1.807) is 24.3 Å². The second kappa shape index (κ2) is 8.41. The number of hydrogen-bond donors (Lipinski definition) is 2. The van der Waals surface area contributed by atoms with Crippen LogP contribution in [0.5, 0.6) is 0 Å². The zero-order valence-electron chi connectivity index (χ0n) is 11.8. The molecule has 0 aliphatic carbocycles. The Morgan fingerprint density at radius 3 is 2.33 bits per heavy atom. The van der Waals surface area contributed by atoms with Gasteiger partial charge in [-0.25, -0.2) is 4.79 Å². The number of carbonyl (C=O) groups is 3. The minimum atomic E-state index is -0.593. The van der Waals surface area contributed by atoms with Gasteiger partial charge in [0, 0.05) is 10.5 Å². The summed E-state index contributed by atoms with van der Waals surface area (Å²) in [5.74, 6) is -1.42. The van der Waals surface area contributed by atoms with Gasteiger partial charge in [0.05, 0.1) is 12.1 Å². The molecule has 0 aliphatic heterocycles. The van der Waals surface area contributed by atoms with Gasteiger partial charge in [-0.1, -0.05) is 15.9 Å². The maximum atomic E-state index is 11.6. The molecule has 6 nitrogen and oxygen atoms in total. The van der Waals surface area contributed by atoms with Crippen molar-refractivity contribution >= 4 is 33.7 Å². The highest BCUT2D eigenvalue weighted by molar-refractivity contribution is 9.10. The van der Waals surface area contributed by atoms with Gasteiger partial charge in [0.2, 0.25) is 5.91 Å². The van der Waals surface area contributed by atoms with Crippen LogP contribution in [0.2, 0.25) is 0 Å². The Hall–Kier alpha value is -1.89. The summed E-state index contributed by atoms with van der Waals surface area (Å²) in [6.07, 6.45) is 0. The number of amides is 2. The monoisotopic (exact) mass is 356 g/mol. The van der Waals surface area contributed by atoms with Crippen LogP contribution in [-0.2, 0) is 14.3 Å². The number of hydrogen-bond acceptors (Lipinski definition) is 4. The van der Waals surface area contributed by atoms with Crippen molar-refractivity contribution in [3.63, 3.8) is 0 Å². The fraction of sp³-hybridized carbons (Fsp3) is 0.357. The topological polar surface area (TPSA) is 84.5 Å². The number of halogens is 1. The van der Waals surface area contributed by atoms with E-state index < -0.39 is 18.5 Å². The van der Waals surface area contributed by atoms with Gasteiger partial charge in [-0.3, -0.25) is 9.59 Å². The lowest BCUT2D eigenvalue weighted by Crippen LogP contribution is -2.41. The molecule has 1 aromatic carbocycles. The average Bonchev–Trinajstić information content (AvgIpc) is 2.42. The van der Waals surface area contributed by atoms with Crippen LogP contribution >= 0.6 is 15.9 Å². The van der Waals surface area contributed by atoms with Crippen LogP contribution in [0.1, 0.15) is 24.2 Å². The van der Waals surface area contributed by atoms with Gasteiger partial charge in [0.15, 0.2) is 6.61 Å². The van der Waals surface area contributed by atoms with Gasteiger partial charge in [-0.05, 0) is 38.1 Å². The van der Waals surface area contributed by atoms with Crippen LogP contribution in [0.3, 0.4) is 0 Å². The average molecular weight is 357 g/mol. The molecular weight excluding hydrogens is 340 g/mol. The van der Waals surface area contributed by atoms with Crippen molar-refractivity contribution in [2.24, 2.45) is 0 Å². The van der Waals surface area contributed by atoms with Crippen LogP contribution < -0.4 is 10.6 Å². The highest BCUT2D eigenvalue weighted by atomic mass is 79.9. The summed E-state index contributed by atoms with van der Waals surface area (Å²) in [5, 5.41) is 5.00. The summed E-state index contributed by atoms with van der Waals surface area (Å²) < 4.78 is 5.69. The first-order chi connectivity index (χ1) is 9.88. The number of benzene rings is 1. The van der Waals surface area contributed by atoms with Gasteiger partial charge in [-0.15, -0.1) is 0 Å². The maximum Gasteiger partial charge on any atom is 0.338 e. The third-order valence-corrected chi connectivity index (χ3v) is 2.84. The molecule has 0 radical (unpaired) electrons. The molecule has 7 heteroatoms. The third kappa shape index (κ3) is 6.89. The second-order valence-corrected chi connectivity index (χ2v) is 5.50. The van der Waals surface area contributed by atoms with Crippen LogP contribution in [0, 0.1) is 0 Å². The van der Waals surface area contributed by atoms with Gasteiger partial charge in [0.1, 0.15) is 0 Å². The summed E-state index contributed by atoms with van der Waals surface area (Å²) in [6.45, 7) is 3.07. The summed E-state index contributed by atoms with van der Waals surface area (Å²) >= 11 is 3.25. The van der Waals surface area contributed by atoms with Crippen molar-refractivity contribution in [2.75, 3.05) is 13.2 Å². The molecule has 0 saturated heterocycles. The highest BCUT2D eigenvalue weighted by Crippen LogP contribution is 2.11. The normalized spacial score (nSPS) is 10.1. The van der Waals surface area contributed by atoms with E-state index in [1.807, 2.05) is 13.8 Å². The quantitative estimate of drug-likeness (QED) is 0.751. The third-order valence-electron chi connectivity index (χ3n) is 2.31. The zero-order chi connectivity index (χ0) is 15.8. The first-order valence-electron chi connectivity index (χ1n) is 6.37. The smallest absolute Gasteiger partial charge is 0.338 e. The molecule has 0 saturated carbocycles. The minimum absolute atomic E-state index is 0.00429. The zero-order valence-corrected chi connectivity index (χ0v) is 13.4. The predicted molar refractivity (Wildman–Crippen MR) is 80.7 cm³/mol. The van der Waals surface area contributed by atoms with Crippen LogP contribution in [-0.4, -0.2) is 37.0 Å². The first kappa shape index (κ1) is 17.2. The lowest BCUT2D eigenvalue weighted by Gasteiger charge is -2.09. The molecular formula is C14H17BrN2O4. The molecule has 1 rings (SSSR count).